The Bertz CT molecular complexity index is 1270. The summed E-state index contributed by atoms with van der Waals surface area (Å²) < 4.78 is 12.3. The van der Waals surface area contributed by atoms with Gasteiger partial charge < -0.3 is 19.3 Å². The first-order valence-corrected chi connectivity index (χ1v) is 11.9. The SMILES string of the molecule is COc1ccc(C(=O)N2CCN(C(=O)Cc3c(C)nn(-c4nc(C)cc(C)n4)c3C)CC2)c(OC)c1. The molecular weight excluding hydrogens is 460 g/mol. The van der Waals surface area contributed by atoms with E-state index >= 15 is 0 Å². The van der Waals surface area contributed by atoms with Crippen molar-refractivity contribution in [2.75, 3.05) is 40.4 Å². The molecule has 0 saturated carbocycles. The number of methoxy groups -OCH3 is 2. The van der Waals surface area contributed by atoms with Crippen LogP contribution < -0.4 is 9.47 Å². The maximum absolute atomic E-state index is 13.2. The maximum Gasteiger partial charge on any atom is 0.257 e. The average Bonchev–Trinajstić information content (AvgIpc) is 3.15. The standard InChI is InChI=1S/C26H32N6O4/c1-16-13-17(2)28-26(27-16)32-19(4)22(18(3)29-32)15-24(33)30-9-11-31(12-10-30)25(34)21-8-7-20(35-5)14-23(21)36-6/h7-8,13-14H,9-12,15H2,1-6H3. The lowest BCUT2D eigenvalue weighted by molar-refractivity contribution is -0.131. The van der Waals surface area contributed by atoms with Gasteiger partial charge in [-0.2, -0.15) is 5.10 Å². The highest BCUT2D eigenvalue weighted by atomic mass is 16.5. The van der Waals surface area contributed by atoms with Crippen molar-refractivity contribution in [3.63, 3.8) is 0 Å². The highest BCUT2D eigenvalue weighted by Crippen LogP contribution is 2.26. The third-order valence-corrected chi connectivity index (χ3v) is 6.49. The van der Waals surface area contributed by atoms with Crippen molar-refractivity contribution in [2.24, 2.45) is 0 Å². The normalized spacial score (nSPS) is 13.6. The second-order valence-electron chi connectivity index (χ2n) is 8.93. The molecule has 3 heterocycles. The Morgan fingerprint density at radius 2 is 1.53 bits per heavy atom. The van der Waals surface area contributed by atoms with Crippen LogP contribution in [0.25, 0.3) is 5.95 Å². The number of benzene rings is 1. The fourth-order valence-electron chi connectivity index (χ4n) is 4.50. The molecule has 1 aliphatic rings. The molecule has 190 valence electrons. The molecule has 2 aromatic heterocycles. The minimum Gasteiger partial charge on any atom is -0.497 e. The quantitative estimate of drug-likeness (QED) is 0.521. The second-order valence-corrected chi connectivity index (χ2v) is 8.93. The van der Waals surface area contributed by atoms with E-state index in [0.29, 0.717) is 49.2 Å². The fourth-order valence-corrected chi connectivity index (χ4v) is 4.50. The molecule has 1 saturated heterocycles. The number of carbonyl (C=O) groups is 2. The van der Waals surface area contributed by atoms with Crippen molar-refractivity contribution in [3.8, 4) is 17.4 Å². The molecule has 0 atom stereocenters. The molecule has 1 aliphatic heterocycles. The third kappa shape index (κ3) is 5.02. The molecule has 0 radical (unpaired) electrons. The van der Waals surface area contributed by atoms with Crippen molar-refractivity contribution in [1.82, 2.24) is 29.5 Å². The Hall–Kier alpha value is -3.95. The molecule has 0 N–H and O–H groups in total. The molecule has 1 aromatic carbocycles. The first-order valence-electron chi connectivity index (χ1n) is 11.9. The van der Waals surface area contributed by atoms with E-state index in [4.69, 9.17) is 9.47 Å². The van der Waals surface area contributed by atoms with E-state index in [1.54, 1.807) is 39.8 Å². The van der Waals surface area contributed by atoms with Gasteiger partial charge in [0, 0.05) is 54.9 Å². The lowest BCUT2D eigenvalue weighted by Gasteiger charge is -2.35. The first kappa shape index (κ1) is 25.2. The third-order valence-electron chi connectivity index (χ3n) is 6.49. The summed E-state index contributed by atoms with van der Waals surface area (Å²) in [5.41, 5.74) is 4.72. The number of hydrogen-bond acceptors (Lipinski definition) is 7. The van der Waals surface area contributed by atoms with E-state index < -0.39 is 0 Å². The summed E-state index contributed by atoms with van der Waals surface area (Å²) in [5, 5.41) is 4.61. The van der Waals surface area contributed by atoms with E-state index in [2.05, 4.69) is 15.1 Å². The number of aromatic nitrogens is 4. The van der Waals surface area contributed by atoms with Gasteiger partial charge >= 0.3 is 0 Å². The van der Waals surface area contributed by atoms with Crippen LogP contribution in [0.15, 0.2) is 24.3 Å². The lowest BCUT2D eigenvalue weighted by Crippen LogP contribution is -2.51. The number of nitrogens with zero attached hydrogens (tertiary/aromatic N) is 6. The zero-order valence-electron chi connectivity index (χ0n) is 21.7. The topological polar surface area (TPSA) is 103 Å². The Kier molecular flexibility index (Phi) is 7.23. The second kappa shape index (κ2) is 10.3. The molecule has 2 amide bonds. The Morgan fingerprint density at radius 1 is 0.889 bits per heavy atom. The number of hydrogen-bond donors (Lipinski definition) is 0. The van der Waals surface area contributed by atoms with E-state index in [1.807, 2.05) is 33.8 Å². The minimum atomic E-state index is -0.122. The minimum absolute atomic E-state index is 0.0104. The van der Waals surface area contributed by atoms with Crippen LogP contribution in [0.1, 0.15) is 38.7 Å². The molecule has 0 aliphatic carbocycles. The summed E-state index contributed by atoms with van der Waals surface area (Å²) in [7, 11) is 3.10. The van der Waals surface area contributed by atoms with Gasteiger partial charge in [0.1, 0.15) is 11.5 Å². The summed E-state index contributed by atoms with van der Waals surface area (Å²) >= 11 is 0. The van der Waals surface area contributed by atoms with Gasteiger partial charge in [-0.25, -0.2) is 14.6 Å². The van der Waals surface area contributed by atoms with Crippen molar-refractivity contribution in [1.29, 1.82) is 0 Å². The van der Waals surface area contributed by atoms with Crippen LogP contribution in [0.3, 0.4) is 0 Å². The van der Waals surface area contributed by atoms with Crippen LogP contribution in [0.4, 0.5) is 0 Å². The highest BCUT2D eigenvalue weighted by molar-refractivity contribution is 5.97. The van der Waals surface area contributed by atoms with Crippen LogP contribution in [0.5, 0.6) is 11.5 Å². The molecule has 0 spiro atoms. The van der Waals surface area contributed by atoms with E-state index in [9.17, 15) is 9.59 Å². The maximum atomic E-state index is 13.2. The van der Waals surface area contributed by atoms with Gasteiger partial charge in [0.2, 0.25) is 5.91 Å². The summed E-state index contributed by atoms with van der Waals surface area (Å²) in [4.78, 5) is 38.8. The number of rotatable bonds is 6. The van der Waals surface area contributed by atoms with Crippen LogP contribution >= 0.6 is 0 Å². The summed E-state index contributed by atoms with van der Waals surface area (Å²) in [6.07, 6.45) is 0.239. The van der Waals surface area contributed by atoms with Crippen molar-refractivity contribution < 1.29 is 19.1 Å². The molecular formula is C26H32N6O4. The number of aryl methyl sites for hydroxylation is 3. The number of amides is 2. The summed E-state index contributed by atoms with van der Waals surface area (Å²) in [6.45, 7) is 9.51. The highest BCUT2D eigenvalue weighted by Gasteiger charge is 2.28. The van der Waals surface area contributed by atoms with Crippen LogP contribution in [-0.4, -0.2) is 81.8 Å². The molecule has 4 rings (SSSR count). The Balaban J connectivity index is 1.42. The average molecular weight is 493 g/mol. The monoisotopic (exact) mass is 492 g/mol. The first-order chi connectivity index (χ1) is 17.2. The zero-order valence-corrected chi connectivity index (χ0v) is 21.7. The van der Waals surface area contributed by atoms with Crippen molar-refractivity contribution in [2.45, 2.75) is 34.1 Å². The lowest BCUT2D eigenvalue weighted by atomic mass is 10.1. The van der Waals surface area contributed by atoms with Crippen LogP contribution in [-0.2, 0) is 11.2 Å². The molecule has 36 heavy (non-hydrogen) atoms. The van der Waals surface area contributed by atoms with Gasteiger partial charge in [0.05, 0.1) is 31.9 Å². The van der Waals surface area contributed by atoms with Crippen molar-refractivity contribution >= 4 is 11.8 Å². The molecule has 3 aromatic rings. The number of carbonyl (C=O) groups excluding carboxylic acids is 2. The molecule has 10 heteroatoms. The van der Waals surface area contributed by atoms with Crippen molar-refractivity contribution in [3.05, 3.63) is 58.2 Å². The Labute approximate surface area is 210 Å². The largest absolute Gasteiger partial charge is 0.497 e. The summed E-state index contributed by atoms with van der Waals surface area (Å²) in [5.74, 6) is 1.48. The van der Waals surface area contributed by atoms with Gasteiger partial charge in [-0.3, -0.25) is 9.59 Å². The fraction of sp³-hybridized carbons (Fsp3) is 0.423. The Morgan fingerprint density at radius 3 is 2.14 bits per heavy atom. The van der Waals surface area contributed by atoms with E-state index in [-0.39, 0.29) is 18.2 Å². The summed E-state index contributed by atoms with van der Waals surface area (Å²) in [6, 6.07) is 7.05. The number of piperazine rings is 1. The molecule has 0 bridgehead atoms. The van der Waals surface area contributed by atoms with Gasteiger partial charge in [0.25, 0.3) is 11.9 Å². The van der Waals surface area contributed by atoms with E-state index in [0.717, 1.165) is 28.3 Å². The van der Waals surface area contributed by atoms with Crippen LogP contribution in [0, 0.1) is 27.7 Å². The van der Waals surface area contributed by atoms with Gasteiger partial charge in [-0.15, -0.1) is 0 Å². The molecule has 10 nitrogen and oxygen atoms in total. The smallest absolute Gasteiger partial charge is 0.257 e. The van der Waals surface area contributed by atoms with Crippen LogP contribution in [0.2, 0.25) is 0 Å². The molecule has 0 unspecified atom stereocenters. The van der Waals surface area contributed by atoms with Gasteiger partial charge in [0.15, 0.2) is 0 Å². The predicted octanol–water partition coefficient (Wildman–Crippen LogP) is 2.44. The zero-order chi connectivity index (χ0) is 26.0. The van der Waals surface area contributed by atoms with Gasteiger partial charge in [-0.1, -0.05) is 0 Å². The van der Waals surface area contributed by atoms with Gasteiger partial charge in [-0.05, 0) is 45.9 Å². The van der Waals surface area contributed by atoms with E-state index in [1.165, 1.54) is 7.11 Å². The predicted molar refractivity (Wildman–Crippen MR) is 134 cm³/mol. The molecule has 1 fully saturated rings. The number of ether oxygens (including phenoxy) is 2.